The van der Waals surface area contributed by atoms with Gasteiger partial charge in [0.25, 0.3) is 0 Å². The second-order valence-corrected chi connectivity index (χ2v) is 3.54. The molecule has 1 fully saturated rings. The van der Waals surface area contributed by atoms with E-state index in [1.54, 1.807) is 0 Å². The number of likely N-dealkylation sites (tertiary alicyclic amines) is 1. The molecular formula is C9H17N3. The van der Waals surface area contributed by atoms with Gasteiger partial charge in [0.15, 0.2) is 0 Å². The lowest BCUT2D eigenvalue weighted by Crippen LogP contribution is -2.42. The van der Waals surface area contributed by atoms with Gasteiger partial charge in [-0.05, 0) is 25.9 Å². The van der Waals surface area contributed by atoms with Crippen molar-refractivity contribution in [3.63, 3.8) is 0 Å². The van der Waals surface area contributed by atoms with Gasteiger partial charge in [-0.3, -0.25) is 4.90 Å². The summed E-state index contributed by atoms with van der Waals surface area (Å²) in [6.45, 7) is 4.59. The first-order valence-electron chi connectivity index (χ1n) is 4.84. The van der Waals surface area contributed by atoms with Crippen LogP contribution in [0.15, 0.2) is 12.3 Å². The van der Waals surface area contributed by atoms with E-state index in [-0.39, 0.29) is 0 Å². The number of hydrogen-bond donors (Lipinski definition) is 1. The molecule has 68 valence electrons. The van der Waals surface area contributed by atoms with Gasteiger partial charge < -0.3 is 5.01 Å². The zero-order chi connectivity index (χ0) is 8.23. The summed E-state index contributed by atoms with van der Waals surface area (Å²) in [6.07, 6.45) is 8.45. The van der Waals surface area contributed by atoms with Crippen LogP contribution >= 0.6 is 0 Å². The normalized spacial score (nSPS) is 25.2. The Morgan fingerprint density at radius 1 is 1.17 bits per heavy atom. The molecule has 2 aliphatic rings. The molecule has 2 rings (SSSR count). The fourth-order valence-corrected chi connectivity index (χ4v) is 1.82. The molecule has 1 saturated heterocycles. The minimum atomic E-state index is 0.994. The first-order chi connectivity index (χ1) is 5.95. The van der Waals surface area contributed by atoms with Gasteiger partial charge in [0.1, 0.15) is 0 Å². The summed E-state index contributed by atoms with van der Waals surface area (Å²) < 4.78 is 0. The summed E-state index contributed by atoms with van der Waals surface area (Å²) in [5.41, 5.74) is 3.28. The summed E-state index contributed by atoms with van der Waals surface area (Å²) in [5.74, 6) is 0. The molecule has 2 heterocycles. The number of hydrogen-bond acceptors (Lipinski definition) is 3. The average molecular weight is 167 g/mol. The number of hydrazine groups is 1. The van der Waals surface area contributed by atoms with Gasteiger partial charge >= 0.3 is 0 Å². The van der Waals surface area contributed by atoms with E-state index >= 15 is 0 Å². The summed E-state index contributed by atoms with van der Waals surface area (Å²) in [4.78, 5) is 2.51. The number of nitrogens with one attached hydrogen (secondary N) is 1. The van der Waals surface area contributed by atoms with Crippen molar-refractivity contribution < 1.29 is 0 Å². The van der Waals surface area contributed by atoms with Crippen molar-refractivity contribution in [1.82, 2.24) is 15.3 Å². The Bertz CT molecular complexity index is 161. The van der Waals surface area contributed by atoms with Gasteiger partial charge in [-0.2, -0.15) is 0 Å². The molecule has 0 aromatic heterocycles. The minimum Gasteiger partial charge on any atom is -0.301 e. The van der Waals surface area contributed by atoms with Crippen LogP contribution in [0.3, 0.4) is 0 Å². The third-order valence-corrected chi connectivity index (χ3v) is 2.50. The van der Waals surface area contributed by atoms with Gasteiger partial charge in [-0.15, -0.1) is 0 Å². The number of rotatable bonds is 2. The second kappa shape index (κ2) is 3.92. The van der Waals surface area contributed by atoms with Gasteiger partial charge in [-0.1, -0.05) is 12.5 Å². The minimum absolute atomic E-state index is 0.994. The Morgan fingerprint density at radius 3 is 2.67 bits per heavy atom. The van der Waals surface area contributed by atoms with E-state index in [0.717, 1.165) is 13.2 Å². The molecule has 0 spiro atoms. The van der Waals surface area contributed by atoms with Crippen LogP contribution in [0.5, 0.6) is 0 Å². The molecule has 0 aromatic rings. The van der Waals surface area contributed by atoms with Crippen LogP contribution in [-0.2, 0) is 0 Å². The Kier molecular flexibility index (Phi) is 2.64. The second-order valence-electron chi connectivity index (χ2n) is 3.54. The molecular weight excluding hydrogens is 150 g/mol. The van der Waals surface area contributed by atoms with Crippen LogP contribution in [-0.4, -0.2) is 36.2 Å². The lowest BCUT2D eigenvalue weighted by atomic mass is 10.1. The Labute approximate surface area is 74.0 Å². The molecule has 0 radical (unpaired) electrons. The van der Waals surface area contributed by atoms with Crippen molar-refractivity contribution in [2.24, 2.45) is 0 Å². The van der Waals surface area contributed by atoms with E-state index in [0.29, 0.717) is 0 Å². The molecule has 2 aliphatic heterocycles. The molecule has 0 aromatic carbocycles. The molecule has 12 heavy (non-hydrogen) atoms. The van der Waals surface area contributed by atoms with Crippen molar-refractivity contribution >= 4 is 0 Å². The van der Waals surface area contributed by atoms with E-state index in [2.05, 4.69) is 27.6 Å². The highest BCUT2D eigenvalue weighted by molar-refractivity contribution is 4.89. The summed E-state index contributed by atoms with van der Waals surface area (Å²) in [6, 6.07) is 0. The zero-order valence-corrected chi connectivity index (χ0v) is 7.50. The van der Waals surface area contributed by atoms with E-state index in [1.807, 2.05) is 0 Å². The van der Waals surface area contributed by atoms with Crippen LogP contribution < -0.4 is 5.43 Å². The Morgan fingerprint density at radius 2 is 2.00 bits per heavy atom. The Balaban J connectivity index is 1.73. The molecule has 1 N–H and O–H groups in total. The van der Waals surface area contributed by atoms with Gasteiger partial charge in [-0.25, -0.2) is 5.43 Å². The average Bonchev–Trinajstić information content (AvgIpc) is 2.59. The van der Waals surface area contributed by atoms with Gasteiger partial charge in [0, 0.05) is 12.7 Å². The van der Waals surface area contributed by atoms with E-state index in [4.69, 9.17) is 0 Å². The Hall–Kier alpha value is -0.540. The van der Waals surface area contributed by atoms with Gasteiger partial charge in [0.05, 0.1) is 6.67 Å². The highest BCUT2D eigenvalue weighted by atomic mass is 15.6. The predicted octanol–water partition coefficient (Wildman–Crippen LogP) is 0.764. The molecule has 0 amide bonds. The molecule has 0 aliphatic carbocycles. The summed E-state index contributed by atoms with van der Waals surface area (Å²) >= 11 is 0. The maximum Gasteiger partial charge on any atom is 0.0856 e. The van der Waals surface area contributed by atoms with Crippen LogP contribution in [0.1, 0.15) is 19.3 Å². The fourth-order valence-electron chi connectivity index (χ4n) is 1.82. The van der Waals surface area contributed by atoms with E-state index in [1.165, 1.54) is 32.4 Å². The smallest absolute Gasteiger partial charge is 0.0856 e. The maximum absolute atomic E-state index is 3.28. The predicted molar refractivity (Wildman–Crippen MR) is 49.3 cm³/mol. The third kappa shape index (κ3) is 1.99. The monoisotopic (exact) mass is 167 g/mol. The topological polar surface area (TPSA) is 18.5 Å². The lowest BCUT2D eigenvalue weighted by molar-refractivity contribution is 0.124. The lowest BCUT2D eigenvalue weighted by Gasteiger charge is -2.30. The third-order valence-electron chi connectivity index (χ3n) is 2.50. The molecule has 0 atom stereocenters. The fraction of sp³-hybridized carbons (Fsp3) is 0.778. The van der Waals surface area contributed by atoms with E-state index in [9.17, 15) is 0 Å². The van der Waals surface area contributed by atoms with E-state index < -0.39 is 0 Å². The molecule has 0 saturated carbocycles. The molecule has 0 unspecified atom stereocenters. The van der Waals surface area contributed by atoms with Crippen LogP contribution in [0.2, 0.25) is 0 Å². The SMILES string of the molecule is C1=CN(CN2CCCCC2)NC1. The van der Waals surface area contributed by atoms with Crippen molar-refractivity contribution in [1.29, 1.82) is 0 Å². The first kappa shape index (κ1) is 8.08. The zero-order valence-electron chi connectivity index (χ0n) is 7.50. The number of piperidine rings is 1. The molecule has 3 nitrogen and oxygen atoms in total. The molecule has 0 bridgehead atoms. The standard InChI is InChI=1S/C9H17N3/c1-2-6-11(7-3-1)9-12-8-4-5-10-12/h4,8,10H,1-3,5-7,9H2. The van der Waals surface area contributed by atoms with Crippen molar-refractivity contribution in [3.05, 3.63) is 12.3 Å². The molecule has 3 heteroatoms. The van der Waals surface area contributed by atoms with Crippen molar-refractivity contribution in [3.8, 4) is 0 Å². The highest BCUT2D eigenvalue weighted by Crippen LogP contribution is 2.09. The maximum atomic E-state index is 3.28. The quantitative estimate of drug-likeness (QED) is 0.655. The summed E-state index contributed by atoms with van der Waals surface area (Å²) in [5, 5.41) is 2.17. The van der Waals surface area contributed by atoms with Crippen LogP contribution in [0.25, 0.3) is 0 Å². The summed E-state index contributed by atoms with van der Waals surface area (Å²) in [7, 11) is 0. The largest absolute Gasteiger partial charge is 0.301 e. The number of nitrogens with zero attached hydrogens (tertiary/aromatic N) is 2. The first-order valence-corrected chi connectivity index (χ1v) is 4.84. The van der Waals surface area contributed by atoms with Crippen molar-refractivity contribution in [2.45, 2.75) is 19.3 Å². The highest BCUT2D eigenvalue weighted by Gasteiger charge is 2.12. The van der Waals surface area contributed by atoms with Crippen LogP contribution in [0.4, 0.5) is 0 Å². The van der Waals surface area contributed by atoms with Gasteiger partial charge in [0.2, 0.25) is 0 Å². The van der Waals surface area contributed by atoms with Crippen LogP contribution in [0, 0.1) is 0 Å². The van der Waals surface area contributed by atoms with Crippen molar-refractivity contribution in [2.75, 3.05) is 26.3 Å².